The molecule has 0 bridgehead atoms. The largest absolute Gasteiger partial charge is 0.455 e. The molecule has 0 saturated carbocycles. The molecule has 1 aliphatic carbocycles. The molecule has 2 aliphatic rings. The van der Waals surface area contributed by atoms with Gasteiger partial charge in [-0.05, 0) is 30.2 Å². The number of ether oxygens (including phenoxy) is 1. The number of nitrogens with one attached hydrogen (secondary N) is 1. The summed E-state index contributed by atoms with van der Waals surface area (Å²) in [5.74, 6) is -0.115. The SMILES string of the molecule is CNC12Cc3ccccc3C1(O)Oc1cc(C(C)C)ccc12. The zero-order valence-electron chi connectivity index (χ0n) is 13.2. The van der Waals surface area contributed by atoms with E-state index >= 15 is 0 Å². The van der Waals surface area contributed by atoms with Gasteiger partial charge in [-0.1, -0.05) is 50.2 Å². The first kappa shape index (κ1) is 13.8. The summed E-state index contributed by atoms with van der Waals surface area (Å²) in [5.41, 5.74) is 3.66. The number of aliphatic hydroxyl groups is 1. The third kappa shape index (κ3) is 1.48. The number of hydrogen-bond acceptors (Lipinski definition) is 3. The van der Waals surface area contributed by atoms with Crippen LogP contribution >= 0.6 is 0 Å². The lowest BCUT2D eigenvalue weighted by Gasteiger charge is -2.35. The molecule has 0 spiro atoms. The van der Waals surface area contributed by atoms with E-state index in [2.05, 4.69) is 43.4 Å². The van der Waals surface area contributed by atoms with Gasteiger partial charge in [0.05, 0.1) is 0 Å². The van der Waals surface area contributed by atoms with Crippen molar-refractivity contribution >= 4 is 0 Å². The molecule has 2 aromatic carbocycles. The molecule has 0 saturated heterocycles. The van der Waals surface area contributed by atoms with Crippen LogP contribution in [0.1, 0.15) is 42.0 Å². The molecule has 0 radical (unpaired) electrons. The highest BCUT2D eigenvalue weighted by Gasteiger charge is 2.64. The molecular weight excluding hydrogens is 274 g/mol. The molecule has 2 aromatic rings. The average molecular weight is 295 g/mol. The van der Waals surface area contributed by atoms with Crippen LogP contribution in [0.5, 0.6) is 5.75 Å². The summed E-state index contributed by atoms with van der Waals surface area (Å²) in [4.78, 5) is 0. The van der Waals surface area contributed by atoms with Gasteiger partial charge in [-0.3, -0.25) is 0 Å². The van der Waals surface area contributed by atoms with Crippen LogP contribution in [-0.4, -0.2) is 12.2 Å². The third-order valence-electron chi connectivity index (χ3n) is 5.23. The van der Waals surface area contributed by atoms with E-state index in [0.717, 1.165) is 28.9 Å². The van der Waals surface area contributed by atoms with E-state index in [0.29, 0.717) is 5.92 Å². The van der Waals surface area contributed by atoms with E-state index < -0.39 is 11.3 Å². The number of benzene rings is 2. The Morgan fingerprint density at radius 1 is 1.14 bits per heavy atom. The van der Waals surface area contributed by atoms with E-state index in [1.54, 1.807) is 0 Å². The van der Waals surface area contributed by atoms with Crippen molar-refractivity contribution in [2.24, 2.45) is 0 Å². The fourth-order valence-electron chi connectivity index (χ4n) is 3.95. The fraction of sp³-hybridized carbons (Fsp3) is 0.368. The maximum atomic E-state index is 11.4. The van der Waals surface area contributed by atoms with Gasteiger partial charge in [0.25, 0.3) is 5.79 Å². The predicted octanol–water partition coefficient (Wildman–Crippen LogP) is 3.02. The molecule has 2 atom stereocenters. The third-order valence-corrected chi connectivity index (χ3v) is 5.23. The molecule has 1 heterocycles. The first-order valence-corrected chi connectivity index (χ1v) is 7.85. The number of rotatable bonds is 2. The lowest BCUT2D eigenvalue weighted by molar-refractivity contribution is -0.181. The molecule has 3 heteroatoms. The topological polar surface area (TPSA) is 41.5 Å². The van der Waals surface area contributed by atoms with Crippen molar-refractivity contribution in [3.8, 4) is 5.75 Å². The molecule has 0 aromatic heterocycles. The second-order valence-electron chi connectivity index (χ2n) is 6.65. The lowest BCUT2D eigenvalue weighted by atomic mass is 9.83. The molecule has 2 N–H and O–H groups in total. The smallest absolute Gasteiger partial charge is 0.258 e. The normalized spacial score (nSPS) is 28.2. The molecule has 114 valence electrons. The highest BCUT2D eigenvalue weighted by molar-refractivity contribution is 5.56. The van der Waals surface area contributed by atoms with Gasteiger partial charge < -0.3 is 15.2 Å². The Hall–Kier alpha value is -1.84. The van der Waals surface area contributed by atoms with Gasteiger partial charge in [0, 0.05) is 17.5 Å². The van der Waals surface area contributed by atoms with E-state index in [4.69, 9.17) is 4.74 Å². The van der Waals surface area contributed by atoms with Gasteiger partial charge in [-0.2, -0.15) is 0 Å². The van der Waals surface area contributed by atoms with Crippen LogP contribution < -0.4 is 10.1 Å². The van der Waals surface area contributed by atoms with Crippen molar-refractivity contribution in [1.29, 1.82) is 0 Å². The summed E-state index contributed by atoms with van der Waals surface area (Å²) in [5, 5.41) is 14.8. The minimum atomic E-state index is -1.34. The zero-order valence-corrected chi connectivity index (χ0v) is 13.2. The van der Waals surface area contributed by atoms with Crippen LogP contribution in [0.3, 0.4) is 0 Å². The molecule has 0 amide bonds. The van der Waals surface area contributed by atoms with E-state index in [-0.39, 0.29) is 0 Å². The standard InChI is InChI=1S/C19H21NO2/c1-12(2)13-8-9-16-17(10-13)22-19(21)15-7-5-4-6-14(15)11-18(16,19)20-3/h4-10,12,20-21H,11H2,1-3H3. The summed E-state index contributed by atoms with van der Waals surface area (Å²) < 4.78 is 6.12. The van der Waals surface area contributed by atoms with Crippen LogP contribution in [0.15, 0.2) is 42.5 Å². The van der Waals surface area contributed by atoms with Crippen LogP contribution in [0.25, 0.3) is 0 Å². The quantitative estimate of drug-likeness (QED) is 0.895. The summed E-state index contributed by atoms with van der Waals surface area (Å²) in [7, 11) is 1.89. The van der Waals surface area contributed by atoms with Gasteiger partial charge in [0.15, 0.2) is 0 Å². The molecule has 4 rings (SSSR count). The highest BCUT2D eigenvalue weighted by atomic mass is 16.6. The number of fused-ring (bicyclic) bond motifs is 5. The van der Waals surface area contributed by atoms with Gasteiger partial charge in [0.1, 0.15) is 11.3 Å². The Kier molecular flexibility index (Phi) is 2.72. The predicted molar refractivity (Wildman–Crippen MR) is 85.9 cm³/mol. The van der Waals surface area contributed by atoms with Gasteiger partial charge in [-0.15, -0.1) is 0 Å². The first-order valence-electron chi connectivity index (χ1n) is 7.85. The van der Waals surface area contributed by atoms with E-state index in [1.807, 2.05) is 25.2 Å². The van der Waals surface area contributed by atoms with Crippen molar-refractivity contribution in [2.45, 2.75) is 37.5 Å². The van der Waals surface area contributed by atoms with Gasteiger partial charge in [0.2, 0.25) is 0 Å². The second-order valence-corrected chi connectivity index (χ2v) is 6.65. The van der Waals surface area contributed by atoms with Crippen molar-refractivity contribution in [3.63, 3.8) is 0 Å². The fourth-order valence-corrected chi connectivity index (χ4v) is 3.95. The summed E-state index contributed by atoms with van der Waals surface area (Å²) >= 11 is 0. The van der Waals surface area contributed by atoms with Crippen molar-refractivity contribution in [2.75, 3.05) is 7.05 Å². The molecule has 0 fully saturated rings. The Bertz CT molecular complexity index is 755. The van der Waals surface area contributed by atoms with E-state index in [1.165, 1.54) is 5.56 Å². The van der Waals surface area contributed by atoms with Crippen molar-refractivity contribution in [1.82, 2.24) is 5.32 Å². The average Bonchev–Trinajstić information content (AvgIpc) is 2.90. The van der Waals surface area contributed by atoms with Crippen LogP contribution in [-0.2, 0) is 17.7 Å². The number of hydrogen-bond donors (Lipinski definition) is 2. The highest BCUT2D eigenvalue weighted by Crippen LogP contribution is 2.58. The Morgan fingerprint density at radius 3 is 2.64 bits per heavy atom. The molecule has 3 nitrogen and oxygen atoms in total. The number of likely N-dealkylation sites (N-methyl/N-ethyl adjacent to an activating group) is 1. The summed E-state index contributed by atoms with van der Waals surface area (Å²) in [6.07, 6.45) is 0.726. The van der Waals surface area contributed by atoms with Crippen LogP contribution in [0.2, 0.25) is 0 Å². The Balaban J connectivity index is 1.92. The maximum Gasteiger partial charge on any atom is 0.258 e. The maximum absolute atomic E-state index is 11.4. The summed E-state index contributed by atoms with van der Waals surface area (Å²) in [6.45, 7) is 4.32. The minimum Gasteiger partial charge on any atom is -0.455 e. The molecule has 22 heavy (non-hydrogen) atoms. The van der Waals surface area contributed by atoms with Crippen molar-refractivity contribution in [3.05, 3.63) is 64.7 Å². The lowest BCUT2D eigenvalue weighted by Crippen LogP contribution is -2.54. The second kappa shape index (κ2) is 4.34. The van der Waals surface area contributed by atoms with Gasteiger partial charge >= 0.3 is 0 Å². The molecule has 2 unspecified atom stereocenters. The molecule has 1 aliphatic heterocycles. The molecular formula is C19H21NO2. The Labute approximate surface area is 130 Å². The van der Waals surface area contributed by atoms with Crippen LogP contribution in [0, 0.1) is 0 Å². The van der Waals surface area contributed by atoms with Crippen molar-refractivity contribution < 1.29 is 9.84 Å². The van der Waals surface area contributed by atoms with E-state index in [9.17, 15) is 5.11 Å². The zero-order chi connectivity index (χ0) is 15.5. The Morgan fingerprint density at radius 2 is 1.91 bits per heavy atom. The minimum absolute atomic E-state index is 0.432. The van der Waals surface area contributed by atoms with Gasteiger partial charge in [-0.25, -0.2) is 0 Å². The van der Waals surface area contributed by atoms with Crippen LogP contribution in [0.4, 0.5) is 0 Å². The summed E-state index contributed by atoms with van der Waals surface area (Å²) in [6, 6.07) is 14.3. The monoisotopic (exact) mass is 295 g/mol. The first-order chi connectivity index (χ1) is 10.5.